The van der Waals surface area contributed by atoms with Crippen molar-refractivity contribution in [3.05, 3.63) is 23.2 Å². The maximum Gasteiger partial charge on any atom is 0.138 e. The highest BCUT2D eigenvalue weighted by Gasteiger charge is 2.31. The quantitative estimate of drug-likeness (QED) is 0.807. The van der Waals surface area contributed by atoms with Crippen LogP contribution in [0.3, 0.4) is 0 Å². The average Bonchev–Trinajstić information content (AvgIpc) is 2.13. The lowest BCUT2D eigenvalue weighted by Gasteiger charge is -2.34. The van der Waals surface area contributed by atoms with Crippen molar-refractivity contribution in [3.63, 3.8) is 0 Å². The molecule has 0 amide bonds. The van der Waals surface area contributed by atoms with Crippen molar-refractivity contribution < 1.29 is 9.47 Å². The van der Waals surface area contributed by atoms with Crippen LogP contribution >= 0.6 is 11.6 Å². The van der Waals surface area contributed by atoms with Gasteiger partial charge in [0, 0.05) is 25.6 Å². The first-order chi connectivity index (χ1) is 7.19. The van der Waals surface area contributed by atoms with E-state index in [0.717, 1.165) is 12.8 Å². The smallest absolute Gasteiger partial charge is 0.138 e. The molecular weight excluding hydrogens is 214 g/mol. The first-order valence-electron chi connectivity index (χ1n) is 4.93. The van der Waals surface area contributed by atoms with Gasteiger partial charge in [0.15, 0.2) is 0 Å². The van der Waals surface area contributed by atoms with Gasteiger partial charge in [0.05, 0.1) is 11.1 Å². The monoisotopic (exact) mass is 227 g/mol. The van der Waals surface area contributed by atoms with Crippen LogP contribution in [-0.2, 0) is 4.74 Å². The standard InChI is InChI=1S/C11H14ClNO2/c1-14-8-5-9(6-8)15-11-3-2-7(13)4-10(11)12/h2-4,8-9H,5-6,13H2,1H3. The number of nitrogen functional groups attached to an aromatic ring is 1. The summed E-state index contributed by atoms with van der Waals surface area (Å²) in [5.41, 5.74) is 6.24. The molecule has 0 atom stereocenters. The van der Waals surface area contributed by atoms with Crippen LogP contribution in [-0.4, -0.2) is 19.3 Å². The summed E-state index contributed by atoms with van der Waals surface area (Å²) < 4.78 is 10.9. The summed E-state index contributed by atoms with van der Waals surface area (Å²) in [7, 11) is 1.72. The van der Waals surface area contributed by atoms with Crippen molar-refractivity contribution >= 4 is 17.3 Å². The van der Waals surface area contributed by atoms with E-state index in [-0.39, 0.29) is 6.10 Å². The Morgan fingerprint density at radius 2 is 2.07 bits per heavy atom. The van der Waals surface area contributed by atoms with Crippen LogP contribution in [0.15, 0.2) is 18.2 Å². The molecule has 4 heteroatoms. The van der Waals surface area contributed by atoms with Gasteiger partial charge in [-0.15, -0.1) is 0 Å². The normalized spacial score (nSPS) is 24.7. The van der Waals surface area contributed by atoms with Gasteiger partial charge in [0.1, 0.15) is 11.9 Å². The number of anilines is 1. The molecule has 0 saturated heterocycles. The average molecular weight is 228 g/mol. The molecule has 0 unspecified atom stereocenters. The van der Waals surface area contributed by atoms with Crippen LogP contribution in [0.2, 0.25) is 5.02 Å². The lowest BCUT2D eigenvalue weighted by atomic mass is 9.92. The fourth-order valence-electron chi connectivity index (χ4n) is 1.60. The second kappa shape index (κ2) is 4.29. The van der Waals surface area contributed by atoms with Gasteiger partial charge in [0.2, 0.25) is 0 Å². The van der Waals surface area contributed by atoms with Crippen LogP contribution in [0, 0.1) is 0 Å². The molecule has 0 heterocycles. The Labute approximate surface area is 94.1 Å². The Balaban J connectivity index is 1.94. The van der Waals surface area contributed by atoms with Crippen molar-refractivity contribution in [1.29, 1.82) is 0 Å². The van der Waals surface area contributed by atoms with E-state index in [1.54, 1.807) is 25.3 Å². The van der Waals surface area contributed by atoms with Crippen LogP contribution in [0.25, 0.3) is 0 Å². The van der Waals surface area contributed by atoms with Crippen molar-refractivity contribution in [1.82, 2.24) is 0 Å². The minimum atomic E-state index is 0.219. The van der Waals surface area contributed by atoms with Crippen LogP contribution < -0.4 is 10.5 Å². The molecule has 15 heavy (non-hydrogen) atoms. The maximum absolute atomic E-state index is 5.99. The molecule has 3 nitrogen and oxygen atoms in total. The lowest BCUT2D eigenvalue weighted by Crippen LogP contribution is -2.38. The molecule has 0 spiro atoms. The minimum absolute atomic E-state index is 0.219. The summed E-state index contributed by atoms with van der Waals surface area (Å²) >= 11 is 5.99. The highest BCUT2D eigenvalue weighted by molar-refractivity contribution is 6.32. The minimum Gasteiger partial charge on any atom is -0.489 e. The molecule has 1 aromatic rings. The zero-order valence-electron chi connectivity index (χ0n) is 8.57. The molecule has 1 aliphatic carbocycles. The van der Waals surface area contributed by atoms with E-state index in [1.165, 1.54) is 0 Å². The van der Waals surface area contributed by atoms with Crippen LogP contribution in [0.5, 0.6) is 5.75 Å². The first-order valence-corrected chi connectivity index (χ1v) is 5.31. The predicted molar refractivity (Wildman–Crippen MR) is 60.3 cm³/mol. The molecule has 2 N–H and O–H groups in total. The van der Waals surface area contributed by atoms with E-state index in [2.05, 4.69) is 0 Å². The number of nitrogens with two attached hydrogens (primary N) is 1. The summed E-state index contributed by atoms with van der Waals surface area (Å²) in [5, 5.41) is 0.566. The lowest BCUT2D eigenvalue weighted by molar-refractivity contribution is -0.0380. The molecule has 1 aromatic carbocycles. The molecule has 1 fully saturated rings. The van der Waals surface area contributed by atoms with Gasteiger partial charge in [-0.2, -0.15) is 0 Å². The third-order valence-electron chi connectivity index (χ3n) is 2.63. The molecule has 0 aliphatic heterocycles. The van der Waals surface area contributed by atoms with Crippen molar-refractivity contribution in [2.45, 2.75) is 25.0 Å². The Kier molecular flexibility index (Phi) is 3.03. The number of benzene rings is 1. The highest BCUT2D eigenvalue weighted by Crippen LogP contribution is 2.32. The molecule has 1 aliphatic rings. The van der Waals surface area contributed by atoms with E-state index in [9.17, 15) is 0 Å². The third-order valence-corrected chi connectivity index (χ3v) is 2.93. The molecule has 1 saturated carbocycles. The Morgan fingerprint density at radius 3 is 2.67 bits per heavy atom. The number of halogens is 1. The molecule has 2 rings (SSSR count). The zero-order chi connectivity index (χ0) is 10.8. The molecule has 0 aromatic heterocycles. The zero-order valence-corrected chi connectivity index (χ0v) is 9.33. The molecule has 0 bridgehead atoms. The fourth-order valence-corrected chi connectivity index (χ4v) is 1.83. The van der Waals surface area contributed by atoms with E-state index < -0.39 is 0 Å². The second-order valence-electron chi connectivity index (χ2n) is 3.76. The molecule has 0 radical (unpaired) electrons. The highest BCUT2D eigenvalue weighted by atomic mass is 35.5. The van der Waals surface area contributed by atoms with E-state index >= 15 is 0 Å². The maximum atomic E-state index is 5.99. The van der Waals surface area contributed by atoms with Crippen molar-refractivity contribution in [2.24, 2.45) is 0 Å². The topological polar surface area (TPSA) is 44.5 Å². The Morgan fingerprint density at radius 1 is 1.33 bits per heavy atom. The van der Waals surface area contributed by atoms with E-state index in [4.69, 9.17) is 26.8 Å². The summed E-state index contributed by atoms with van der Waals surface area (Å²) in [5.74, 6) is 0.699. The van der Waals surface area contributed by atoms with Crippen molar-refractivity contribution in [3.8, 4) is 5.75 Å². The summed E-state index contributed by atoms with van der Waals surface area (Å²) in [4.78, 5) is 0. The fraction of sp³-hybridized carbons (Fsp3) is 0.455. The first kappa shape index (κ1) is 10.6. The number of methoxy groups -OCH3 is 1. The summed E-state index contributed by atoms with van der Waals surface area (Å²) in [6.07, 6.45) is 2.41. The van der Waals surface area contributed by atoms with Gasteiger partial charge in [-0.05, 0) is 18.2 Å². The Hall–Kier alpha value is -0.930. The number of hydrogen-bond donors (Lipinski definition) is 1. The SMILES string of the molecule is COC1CC(Oc2ccc(N)cc2Cl)C1. The molecular formula is C11H14ClNO2. The van der Waals surface area contributed by atoms with E-state index in [0.29, 0.717) is 22.6 Å². The number of hydrogen-bond acceptors (Lipinski definition) is 3. The number of rotatable bonds is 3. The van der Waals surface area contributed by atoms with Crippen molar-refractivity contribution in [2.75, 3.05) is 12.8 Å². The predicted octanol–water partition coefficient (Wildman–Crippen LogP) is 2.48. The number of ether oxygens (including phenoxy) is 2. The third kappa shape index (κ3) is 2.36. The summed E-state index contributed by atoms with van der Waals surface area (Å²) in [6.45, 7) is 0. The van der Waals surface area contributed by atoms with Gasteiger partial charge < -0.3 is 15.2 Å². The largest absolute Gasteiger partial charge is 0.489 e. The van der Waals surface area contributed by atoms with Crippen LogP contribution in [0.4, 0.5) is 5.69 Å². The van der Waals surface area contributed by atoms with Crippen LogP contribution in [0.1, 0.15) is 12.8 Å². The van der Waals surface area contributed by atoms with Gasteiger partial charge in [0.25, 0.3) is 0 Å². The van der Waals surface area contributed by atoms with Gasteiger partial charge >= 0.3 is 0 Å². The van der Waals surface area contributed by atoms with Gasteiger partial charge in [-0.3, -0.25) is 0 Å². The van der Waals surface area contributed by atoms with Gasteiger partial charge in [-0.1, -0.05) is 11.6 Å². The van der Waals surface area contributed by atoms with E-state index in [1.807, 2.05) is 0 Å². The Bertz CT molecular complexity index is 350. The molecule has 82 valence electrons. The van der Waals surface area contributed by atoms with Gasteiger partial charge in [-0.25, -0.2) is 0 Å². The second-order valence-corrected chi connectivity index (χ2v) is 4.17. The summed E-state index contributed by atoms with van der Waals surface area (Å²) in [6, 6.07) is 5.29.